The third-order valence-corrected chi connectivity index (χ3v) is 2.56. The maximum absolute atomic E-state index is 10.1. The molecule has 1 aromatic carbocycles. The van der Waals surface area contributed by atoms with Gasteiger partial charge >= 0.3 is 0 Å². The first-order valence-corrected chi connectivity index (χ1v) is 4.86. The maximum Gasteiger partial charge on any atom is 0.235 e. The number of ether oxygens (including phenoxy) is 1. The number of benzene rings is 1. The minimum Gasteiger partial charge on any atom is -0.497 e. The van der Waals surface area contributed by atoms with Gasteiger partial charge < -0.3 is 4.74 Å². The van der Waals surface area contributed by atoms with Crippen LogP contribution in [0.25, 0.3) is 6.08 Å². The number of nitro groups is 1. The maximum atomic E-state index is 10.1. The molecule has 0 saturated carbocycles. The molecule has 0 spiro atoms. The van der Waals surface area contributed by atoms with Crippen LogP contribution in [0.4, 0.5) is 0 Å². The van der Waals surface area contributed by atoms with Gasteiger partial charge in [-0.15, -0.1) is 0 Å². The van der Waals surface area contributed by atoms with Crippen molar-refractivity contribution < 1.29 is 9.66 Å². The summed E-state index contributed by atoms with van der Waals surface area (Å²) in [6.45, 7) is 0. The van der Waals surface area contributed by atoms with E-state index in [1.165, 1.54) is 6.08 Å². The molecule has 0 aliphatic carbocycles. The summed E-state index contributed by atoms with van der Waals surface area (Å²) in [6, 6.07) is 5.41. The average Bonchev–Trinajstić information content (AvgIpc) is 2.16. The van der Waals surface area contributed by atoms with E-state index in [1.807, 2.05) is 12.1 Å². The van der Waals surface area contributed by atoms with Gasteiger partial charge in [-0.3, -0.25) is 10.1 Å². The van der Waals surface area contributed by atoms with Crippen LogP contribution in [-0.4, -0.2) is 12.0 Å². The highest BCUT2D eigenvalue weighted by Crippen LogP contribution is 2.20. The molecule has 0 unspecified atom stereocenters. The van der Waals surface area contributed by atoms with E-state index < -0.39 is 4.92 Å². The second-order valence-corrected chi connectivity index (χ2v) is 3.65. The zero-order chi connectivity index (χ0) is 10.6. The predicted octanol–water partition coefficient (Wildman–Crippen LogP) is 2.55. The fraction of sp³-hybridized carbons (Fsp3) is 0.111. The Balaban J connectivity index is 3.00. The van der Waals surface area contributed by atoms with Gasteiger partial charge in [-0.2, -0.15) is 0 Å². The molecular formula is C9H8INO3. The summed E-state index contributed by atoms with van der Waals surface area (Å²) in [5.74, 6) is 0.688. The second-order valence-electron chi connectivity index (χ2n) is 2.49. The van der Waals surface area contributed by atoms with Crippen LogP contribution in [0.15, 0.2) is 24.4 Å². The summed E-state index contributed by atoms with van der Waals surface area (Å²) in [6.07, 6.45) is 2.36. The average molecular weight is 305 g/mol. The van der Waals surface area contributed by atoms with E-state index >= 15 is 0 Å². The molecule has 0 fully saturated rings. The minimum absolute atomic E-state index is 0.491. The van der Waals surface area contributed by atoms with Gasteiger partial charge in [0, 0.05) is 9.65 Å². The molecule has 0 amide bonds. The van der Waals surface area contributed by atoms with E-state index in [0.29, 0.717) is 5.75 Å². The lowest BCUT2D eigenvalue weighted by molar-refractivity contribution is -0.400. The molecule has 0 aliphatic heterocycles. The molecule has 0 atom stereocenters. The molecule has 0 bridgehead atoms. The van der Waals surface area contributed by atoms with E-state index in [2.05, 4.69) is 22.6 Å². The molecule has 1 aromatic rings. The predicted molar refractivity (Wildman–Crippen MR) is 61.7 cm³/mol. The summed E-state index contributed by atoms with van der Waals surface area (Å²) < 4.78 is 5.96. The second kappa shape index (κ2) is 4.94. The van der Waals surface area contributed by atoms with E-state index in [4.69, 9.17) is 4.74 Å². The first kappa shape index (κ1) is 11.0. The molecule has 0 radical (unpaired) electrons. The Morgan fingerprint density at radius 3 is 2.86 bits per heavy atom. The zero-order valence-corrected chi connectivity index (χ0v) is 9.59. The van der Waals surface area contributed by atoms with E-state index in [9.17, 15) is 10.1 Å². The number of halogens is 1. The topological polar surface area (TPSA) is 52.4 Å². The summed E-state index contributed by atoms with van der Waals surface area (Å²) in [4.78, 5) is 9.63. The van der Waals surface area contributed by atoms with E-state index in [-0.39, 0.29) is 0 Å². The van der Waals surface area contributed by atoms with Crippen LogP contribution in [0.3, 0.4) is 0 Å². The lowest BCUT2D eigenvalue weighted by Gasteiger charge is -2.02. The number of hydrogen-bond acceptors (Lipinski definition) is 3. The van der Waals surface area contributed by atoms with Gasteiger partial charge in [0.15, 0.2) is 0 Å². The molecular weight excluding hydrogens is 297 g/mol. The summed E-state index contributed by atoms with van der Waals surface area (Å²) in [7, 11) is 1.56. The monoisotopic (exact) mass is 305 g/mol. The van der Waals surface area contributed by atoms with Gasteiger partial charge in [-0.25, -0.2) is 0 Å². The third kappa shape index (κ3) is 2.99. The summed E-state index contributed by atoms with van der Waals surface area (Å²) in [5, 5.41) is 10.1. The van der Waals surface area contributed by atoms with Crippen LogP contribution in [-0.2, 0) is 0 Å². The van der Waals surface area contributed by atoms with Crippen molar-refractivity contribution >= 4 is 28.7 Å². The van der Waals surface area contributed by atoms with Crippen LogP contribution < -0.4 is 4.74 Å². The number of rotatable bonds is 3. The van der Waals surface area contributed by atoms with Gasteiger partial charge in [0.2, 0.25) is 6.20 Å². The van der Waals surface area contributed by atoms with Gasteiger partial charge in [0.1, 0.15) is 5.75 Å². The van der Waals surface area contributed by atoms with Crippen molar-refractivity contribution in [3.05, 3.63) is 43.6 Å². The first-order chi connectivity index (χ1) is 6.63. The Hall–Kier alpha value is -1.11. The molecule has 0 aliphatic rings. The van der Waals surface area contributed by atoms with Crippen molar-refractivity contribution in [2.24, 2.45) is 0 Å². The van der Waals surface area contributed by atoms with Gasteiger partial charge in [0.05, 0.1) is 12.0 Å². The van der Waals surface area contributed by atoms with Crippen molar-refractivity contribution in [1.29, 1.82) is 0 Å². The van der Waals surface area contributed by atoms with Crippen LogP contribution in [0.5, 0.6) is 5.75 Å². The normalized spacial score (nSPS) is 10.4. The van der Waals surface area contributed by atoms with Gasteiger partial charge in [0.25, 0.3) is 0 Å². The molecule has 5 heteroatoms. The lowest BCUT2D eigenvalue weighted by Crippen LogP contribution is -1.87. The van der Waals surface area contributed by atoms with Crippen molar-refractivity contribution in [2.75, 3.05) is 7.11 Å². The Labute approximate surface area is 94.9 Å². The Morgan fingerprint density at radius 1 is 1.57 bits per heavy atom. The Morgan fingerprint density at radius 2 is 2.29 bits per heavy atom. The smallest absolute Gasteiger partial charge is 0.235 e. The SMILES string of the molecule is COc1ccc(I)c(/C=C/[N+](=O)[O-])c1. The van der Waals surface area contributed by atoms with Crippen molar-refractivity contribution in [2.45, 2.75) is 0 Å². The molecule has 0 heterocycles. The lowest BCUT2D eigenvalue weighted by atomic mass is 10.2. The van der Waals surface area contributed by atoms with Gasteiger partial charge in [-0.1, -0.05) is 0 Å². The largest absolute Gasteiger partial charge is 0.497 e. The fourth-order valence-electron chi connectivity index (χ4n) is 0.918. The van der Waals surface area contributed by atoms with Crippen molar-refractivity contribution in [1.82, 2.24) is 0 Å². The van der Waals surface area contributed by atoms with Crippen LogP contribution in [0, 0.1) is 13.7 Å². The van der Waals surface area contributed by atoms with Crippen LogP contribution >= 0.6 is 22.6 Å². The van der Waals surface area contributed by atoms with Crippen molar-refractivity contribution in [3.63, 3.8) is 0 Å². The molecule has 0 aromatic heterocycles. The van der Waals surface area contributed by atoms with Crippen molar-refractivity contribution in [3.8, 4) is 5.75 Å². The highest BCUT2D eigenvalue weighted by atomic mass is 127. The zero-order valence-electron chi connectivity index (χ0n) is 7.44. The molecule has 0 N–H and O–H groups in total. The van der Waals surface area contributed by atoms with Crippen LogP contribution in [0.2, 0.25) is 0 Å². The molecule has 0 saturated heterocycles. The Kier molecular flexibility index (Phi) is 3.87. The third-order valence-electron chi connectivity index (χ3n) is 1.58. The quantitative estimate of drug-likeness (QED) is 0.490. The fourth-order valence-corrected chi connectivity index (χ4v) is 1.43. The molecule has 14 heavy (non-hydrogen) atoms. The highest BCUT2D eigenvalue weighted by molar-refractivity contribution is 14.1. The molecule has 4 nitrogen and oxygen atoms in total. The Bertz CT molecular complexity index is 376. The first-order valence-electron chi connectivity index (χ1n) is 3.78. The molecule has 1 rings (SSSR count). The van der Waals surface area contributed by atoms with Gasteiger partial charge in [-0.05, 0) is 46.4 Å². The standard InChI is InChI=1S/C9H8INO3/c1-14-8-2-3-9(10)7(6-8)4-5-11(12)13/h2-6H,1H3/b5-4+. The van der Waals surface area contributed by atoms with E-state index in [1.54, 1.807) is 13.2 Å². The number of hydrogen-bond donors (Lipinski definition) is 0. The van der Waals surface area contributed by atoms with E-state index in [0.717, 1.165) is 15.3 Å². The summed E-state index contributed by atoms with van der Waals surface area (Å²) >= 11 is 2.11. The van der Waals surface area contributed by atoms with Crippen LogP contribution in [0.1, 0.15) is 5.56 Å². The molecule has 74 valence electrons. The number of methoxy groups -OCH3 is 1. The highest BCUT2D eigenvalue weighted by Gasteiger charge is 1.99. The minimum atomic E-state index is -0.491. The number of nitrogens with zero attached hydrogens (tertiary/aromatic N) is 1. The summed E-state index contributed by atoms with van der Waals surface area (Å²) in [5.41, 5.74) is 0.779.